The van der Waals surface area contributed by atoms with E-state index in [9.17, 15) is 13.2 Å². The van der Waals surface area contributed by atoms with Crippen LogP contribution in [0.25, 0.3) is 0 Å². The van der Waals surface area contributed by atoms with E-state index in [1.54, 1.807) is 6.33 Å². The minimum atomic E-state index is -4.47. The summed E-state index contributed by atoms with van der Waals surface area (Å²) in [4.78, 5) is 19.6. The molecule has 1 aliphatic heterocycles. The molecule has 9 heteroatoms. The van der Waals surface area contributed by atoms with Gasteiger partial charge in [0.25, 0.3) is 0 Å². The number of nitrogens with one attached hydrogen (secondary N) is 1. The Morgan fingerprint density at radius 2 is 1.85 bits per heavy atom. The molecule has 2 aromatic heterocycles. The Bertz CT molecular complexity index is 747. The van der Waals surface area contributed by atoms with Crippen molar-refractivity contribution in [1.82, 2.24) is 24.8 Å². The first-order chi connectivity index (χ1) is 12.2. The summed E-state index contributed by atoms with van der Waals surface area (Å²) >= 11 is 0. The van der Waals surface area contributed by atoms with Gasteiger partial charge in [0, 0.05) is 44.1 Å². The maximum Gasteiger partial charge on any atom is 0.433 e. The number of hydrogen-bond acceptors (Lipinski definition) is 5. The van der Waals surface area contributed by atoms with Gasteiger partial charge in [0.1, 0.15) is 5.69 Å². The number of aromatic amines is 1. The van der Waals surface area contributed by atoms with Crippen molar-refractivity contribution in [2.24, 2.45) is 0 Å². The summed E-state index contributed by atoms with van der Waals surface area (Å²) in [5.74, 6) is 0.0703. The molecule has 2 aromatic rings. The van der Waals surface area contributed by atoms with Crippen molar-refractivity contribution in [3.05, 3.63) is 35.2 Å². The number of piperazine rings is 1. The maximum absolute atomic E-state index is 13.2. The van der Waals surface area contributed by atoms with Gasteiger partial charge in [-0.15, -0.1) is 0 Å². The van der Waals surface area contributed by atoms with Crippen LogP contribution in [0.3, 0.4) is 0 Å². The van der Waals surface area contributed by atoms with E-state index in [1.165, 1.54) is 0 Å². The molecule has 0 aliphatic carbocycles. The van der Waals surface area contributed by atoms with Crippen LogP contribution in [0.5, 0.6) is 0 Å². The van der Waals surface area contributed by atoms with Gasteiger partial charge in [-0.05, 0) is 18.9 Å². The highest BCUT2D eigenvalue weighted by atomic mass is 19.4. The average Bonchev–Trinajstić information content (AvgIpc) is 2.99. The largest absolute Gasteiger partial charge is 0.433 e. The van der Waals surface area contributed by atoms with Gasteiger partial charge in [-0.25, -0.2) is 15.0 Å². The number of imidazole rings is 1. The third-order valence-corrected chi connectivity index (χ3v) is 4.58. The average molecular weight is 368 g/mol. The van der Waals surface area contributed by atoms with Gasteiger partial charge in [-0.1, -0.05) is 13.8 Å². The van der Waals surface area contributed by atoms with Crippen LogP contribution >= 0.6 is 0 Å². The highest BCUT2D eigenvalue weighted by Crippen LogP contribution is 2.31. The molecule has 0 atom stereocenters. The van der Waals surface area contributed by atoms with Crippen molar-refractivity contribution < 1.29 is 13.2 Å². The summed E-state index contributed by atoms with van der Waals surface area (Å²) in [6.45, 7) is 8.98. The second-order valence-electron chi connectivity index (χ2n) is 6.87. The highest BCUT2D eigenvalue weighted by molar-refractivity contribution is 5.35. The molecule has 0 bridgehead atoms. The standard InChI is InChI=1S/C17H23F3N6/c1-11(2)13-8-15(17(18,19)20)24-16(23-13)26-6-4-25(5-7-26)9-14-12(3)21-10-22-14/h8,10-11H,4-7,9H2,1-3H3,(H,21,22). The van der Waals surface area contributed by atoms with Crippen LogP contribution in [0.2, 0.25) is 0 Å². The lowest BCUT2D eigenvalue weighted by molar-refractivity contribution is -0.141. The minimum Gasteiger partial charge on any atom is -0.348 e. The molecule has 0 spiro atoms. The van der Waals surface area contributed by atoms with Gasteiger partial charge in [-0.2, -0.15) is 13.2 Å². The first kappa shape index (κ1) is 18.6. The second kappa shape index (κ2) is 7.22. The fraction of sp³-hybridized carbons (Fsp3) is 0.588. The Balaban J connectivity index is 1.72. The lowest BCUT2D eigenvalue weighted by atomic mass is 10.1. The van der Waals surface area contributed by atoms with E-state index in [0.717, 1.165) is 37.1 Å². The predicted molar refractivity (Wildman–Crippen MR) is 91.9 cm³/mol. The number of alkyl halides is 3. The molecule has 0 radical (unpaired) electrons. The number of rotatable bonds is 4. The number of nitrogens with zero attached hydrogens (tertiary/aromatic N) is 5. The summed E-state index contributed by atoms with van der Waals surface area (Å²) in [5.41, 5.74) is 1.57. The first-order valence-electron chi connectivity index (χ1n) is 8.66. The molecule has 1 aliphatic rings. The quantitative estimate of drug-likeness (QED) is 0.899. The van der Waals surface area contributed by atoms with Gasteiger partial charge in [-0.3, -0.25) is 4.90 Å². The third kappa shape index (κ3) is 4.14. The van der Waals surface area contributed by atoms with Gasteiger partial charge < -0.3 is 9.88 Å². The van der Waals surface area contributed by atoms with Crippen molar-refractivity contribution in [3.63, 3.8) is 0 Å². The van der Waals surface area contributed by atoms with Crippen LogP contribution in [0.1, 0.15) is 42.5 Å². The molecule has 142 valence electrons. The Hall–Kier alpha value is -2.16. The number of anilines is 1. The molecule has 3 rings (SSSR count). The lowest BCUT2D eigenvalue weighted by Gasteiger charge is -2.34. The number of aromatic nitrogens is 4. The smallest absolute Gasteiger partial charge is 0.348 e. The fourth-order valence-electron chi connectivity index (χ4n) is 2.90. The van der Waals surface area contributed by atoms with Crippen LogP contribution in [-0.4, -0.2) is 51.0 Å². The van der Waals surface area contributed by atoms with E-state index in [4.69, 9.17) is 0 Å². The predicted octanol–water partition coefficient (Wildman–Crippen LogP) is 2.97. The summed E-state index contributed by atoms with van der Waals surface area (Å²) in [7, 11) is 0. The zero-order chi connectivity index (χ0) is 18.9. The SMILES string of the molecule is Cc1[nH]cnc1CN1CCN(c2nc(C(C)C)cc(C(F)(F)F)n2)CC1. The van der Waals surface area contributed by atoms with Crippen LogP contribution in [0, 0.1) is 6.92 Å². The summed E-state index contributed by atoms with van der Waals surface area (Å²) in [6, 6.07) is 1.05. The van der Waals surface area contributed by atoms with Crippen LogP contribution in [-0.2, 0) is 12.7 Å². The number of H-pyrrole nitrogens is 1. The summed E-state index contributed by atoms with van der Waals surface area (Å²) < 4.78 is 39.5. The van der Waals surface area contributed by atoms with E-state index in [0.29, 0.717) is 18.8 Å². The molecule has 0 saturated carbocycles. The zero-order valence-corrected chi connectivity index (χ0v) is 15.1. The topological polar surface area (TPSA) is 60.9 Å². The molecule has 1 N–H and O–H groups in total. The fourth-order valence-corrected chi connectivity index (χ4v) is 2.90. The Kier molecular flexibility index (Phi) is 5.17. The van der Waals surface area contributed by atoms with Crippen molar-refractivity contribution in [2.45, 2.75) is 39.4 Å². The number of hydrogen-bond donors (Lipinski definition) is 1. The van der Waals surface area contributed by atoms with Crippen LogP contribution < -0.4 is 4.90 Å². The van der Waals surface area contributed by atoms with Gasteiger partial charge >= 0.3 is 6.18 Å². The van der Waals surface area contributed by atoms with Crippen molar-refractivity contribution in [2.75, 3.05) is 31.1 Å². The molecular weight excluding hydrogens is 345 g/mol. The number of halogens is 3. The van der Waals surface area contributed by atoms with Crippen LogP contribution in [0.15, 0.2) is 12.4 Å². The molecule has 1 fully saturated rings. The molecule has 1 saturated heterocycles. The normalized spacial score (nSPS) is 16.5. The molecule has 0 unspecified atom stereocenters. The monoisotopic (exact) mass is 368 g/mol. The van der Waals surface area contributed by atoms with Crippen LogP contribution in [0.4, 0.5) is 19.1 Å². The molecule has 26 heavy (non-hydrogen) atoms. The van der Waals surface area contributed by atoms with E-state index in [1.807, 2.05) is 25.7 Å². The van der Waals surface area contributed by atoms with Gasteiger partial charge in [0.2, 0.25) is 5.95 Å². The van der Waals surface area contributed by atoms with E-state index >= 15 is 0 Å². The maximum atomic E-state index is 13.2. The summed E-state index contributed by atoms with van der Waals surface area (Å²) in [6.07, 6.45) is -2.80. The Morgan fingerprint density at radius 3 is 2.38 bits per heavy atom. The minimum absolute atomic E-state index is 0.0956. The van der Waals surface area contributed by atoms with E-state index in [2.05, 4.69) is 24.8 Å². The molecule has 0 amide bonds. The molecule has 6 nitrogen and oxygen atoms in total. The molecule has 3 heterocycles. The zero-order valence-electron chi connectivity index (χ0n) is 15.1. The first-order valence-corrected chi connectivity index (χ1v) is 8.66. The van der Waals surface area contributed by atoms with Crippen molar-refractivity contribution >= 4 is 5.95 Å². The Labute approximate surface area is 150 Å². The Morgan fingerprint density at radius 1 is 1.15 bits per heavy atom. The van der Waals surface area contributed by atoms with E-state index in [-0.39, 0.29) is 11.9 Å². The van der Waals surface area contributed by atoms with E-state index < -0.39 is 11.9 Å². The summed E-state index contributed by atoms with van der Waals surface area (Å²) in [5, 5.41) is 0. The second-order valence-corrected chi connectivity index (χ2v) is 6.87. The third-order valence-electron chi connectivity index (χ3n) is 4.58. The van der Waals surface area contributed by atoms with Crippen molar-refractivity contribution in [3.8, 4) is 0 Å². The van der Waals surface area contributed by atoms with Gasteiger partial charge in [0.05, 0.1) is 12.0 Å². The highest BCUT2D eigenvalue weighted by Gasteiger charge is 2.34. The van der Waals surface area contributed by atoms with Gasteiger partial charge in [0.15, 0.2) is 0 Å². The number of aryl methyl sites for hydroxylation is 1. The lowest BCUT2D eigenvalue weighted by Crippen LogP contribution is -2.46. The van der Waals surface area contributed by atoms with Crippen molar-refractivity contribution in [1.29, 1.82) is 0 Å². The molecular formula is C17H23F3N6. The molecule has 0 aromatic carbocycles.